The number of ether oxygens (including phenoxy) is 2. The Morgan fingerprint density at radius 1 is 1.13 bits per heavy atom. The van der Waals surface area contributed by atoms with Crippen molar-refractivity contribution in [1.82, 2.24) is 20.2 Å². The van der Waals surface area contributed by atoms with Crippen LogP contribution >= 0.6 is 23.4 Å². The molecular weight excluding hydrogens is 426 g/mol. The molecule has 154 valence electrons. The van der Waals surface area contributed by atoms with E-state index in [9.17, 15) is 4.79 Å². The molecule has 8 nitrogen and oxygen atoms in total. The van der Waals surface area contributed by atoms with E-state index in [1.54, 1.807) is 16.8 Å². The number of carbonyl (C=O) groups excluding carboxylic acids is 1. The molecule has 2 aromatic carbocycles. The van der Waals surface area contributed by atoms with E-state index in [-0.39, 0.29) is 11.7 Å². The van der Waals surface area contributed by atoms with Gasteiger partial charge in [-0.15, -0.1) is 5.10 Å². The molecule has 0 bridgehead atoms. The smallest absolute Gasteiger partial charge is 0.251 e. The van der Waals surface area contributed by atoms with E-state index in [0.717, 1.165) is 37.1 Å². The molecule has 1 spiro atoms. The van der Waals surface area contributed by atoms with Crippen molar-refractivity contribution in [2.24, 2.45) is 0 Å². The third-order valence-corrected chi connectivity index (χ3v) is 6.20. The van der Waals surface area contributed by atoms with Crippen molar-refractivity contribution in [3.8, 4) is 17.2 Å². The second-order valence-corrected chi connectivity index (χ2v) is 8.55. The Kier molecular flexibility index (Phi) is 5.00. The van der Waals surface area contributed by atoms with Crippen LogP contribution in [0, 0.1) is 0 Å². The highest BCUT2D eigenvalue weighted by molar-refractivity contribution is 7.99. The maximum atomic E-state index is 12.5. The van der Waals surface area contributed by atoms with E-state index < -0.39 is 5.79 Å². The number of fused-ring (bicyclic) bond motifs is 1. The standard InChI is InChI=1S/C20H18ClN5O3S/c21-13-3-6-15(7-4-13)26-19(23-24-25-26)30-12-18(27)22-14-5-8-16-17(11-14)29-20(28-16)9-1-2-10-20/h3-8,11H,1-2,9-10,12H2,(H,22,27). The summed E-state index contributed by atoms with van der Waals surface area (Å²) in [5.41, 5.74) is 1.43. The van der Waals surface area contributed by atoms with Crippen molar-refractivity contribution in [3.05, 3.63) is 47.5 Å². The van der Waals surface area contributed by atoms with Crippen LogP contribution in [0.1, 0.15) is 25.7 Å². The van der Waals surface area contributed by atoms with E-state index in [1.807, 2.05) is 30.3 Å². The number of hydrogen-bond donors (Lipinski definition) is 1. The number of anilines is 1. The topological polar surface area (TPSA) is 91.2 Å². The minimum absolute atomic E-state index is 0.159. The molecule has 10 heteroatoms. The van der Waals surface area contributed by atoms with Gasteiger partial charge in [0.15, 0.2) is 11.5 Å². The highest BCUT2D eigenvalue weighted by Gasteiger charge is 2.44. The molecule has 0 radical (unpaired) electrons. The number of rotatable bonds is 5. The summed E-state index contributed by atoms with van der Waals surface area (Å²) >= 11 is 7.17. The molecule has 5 rings (SSSR count). The zero-order valence-electron chi connectivity index (χ0n) is 15.9. The lowest BCUT2D eigenvalue weighted by Crippen LogP contribution is -2.34. The minimum Gasteiger partial charge on any atom is -0.448 e. The molecule has 0 saturated heterocycles. The normalized spacial score (nSPS) is 16.2. The lowest BCUT2D eigenvalue weighted by Gasteiger charge is -2.21. The maximum Gasteiger partial charge on any atom is 0.251 e. The quantitative estimate of drug-likeness (QED) is 0.594. The number of nitrogens with zero attached hydrogens (tertiary/aromatic N) is 4. The van der Waals surface area contributed by atoms with Crippen LogP contribution in [0.3, 0.4) is 0 Å². The minimum atomic E-state index is -0.514. The Labute approximate surface area is 181 Å². The molecule has 1 aromatic heterocycles. The molecular formula is C20H18ClN5O3S. The molecule has 3 aromatic rings. The Morgan fingerprint density at radius 2 is 1.90 bits per heavy atom. The fraction of sp³-hybridized carbons (Fsp3) is 0.300. The van der Waals surface area contributed by atoms with Gasteiger partial charge in [0.25, 0.3) is 5.79 Å². The van der Waals surface area contributed by atoms with Crippen LogP contribution in [-0.4, -0.2) is 37.7 Å². The molecule has 1 fully saturated rings. The summed E-state index contributed by atoms with van der Waals surface area (Å²) in [4.78, 5) is 12.5. The molecule has 2 heterocycles. The molecule has 0 atom stereocenters. The van der Waals surface area contributed by atoms with Crippen LogP contribution in [0.15, 0.2) is 47.6 Å². The number of aromatic nitrogens is 4. The fourth-order valence-corrected chi connectivity index (χ4v) is 4.45. The lowest BCUT2D eigenvalue weighted by molar-refractivity contribution is -0.113. The molecule has 2 aliphatic rings. The third kappa shape index (κ3) is 3.82. The number of nitrogens with one attached hydrogen (secondary N) is 1. The summed E-state index contributed by atoms with van der Waals surface area (Å²) in [6, 6.07) is 12.6. The van der Waals surface area contributed by atoms with Gasteiger partial charge in [-0.25, -0.2) is 0 Å². The highest BCUT2D eigenvalue weighted by Crippen LogP contribution is 2.47. The Balaban J connectivity index is 1.21. The van der Waals surface area contributed by atoms with Gasteiger partial charge < -0.3 is 14.8 Å². The summed E-state index contributed by atoms with van der Waals surface area (Å²) in [7, 11) is 0. The summed E-state index contributed by atoms with van der Waals surface area (Å²) in [6.45, 7) is 0. The first kappa shape index (κ1) is 19.2. The Hall–Kier alpha value is -2.78. The third-order valence-electron chi connectivity index (χ3n) is 5.03. The zero-order chi connectivity index (χ0) is 20.6. The first-order valence-electron chi connectivity index (χ1n) is 9.59. The van der Waals surface area contributed by atoms with Crippen molar-refractivity contribution in [2.45, 2.75) is 36.6 Å². The predicted octanol–water partition coefficient (Wildman–Crippen LogP) is 4.09. The van der Waals surface area contributed by atoms with Gasteiger partial charge in [-0.2, -0.15) is 4.68 Å². The number of carbonyl (C=O) groups is 1. The summed E-state index contributed by atoms with van der Waals surface area (Å²) in [5.74, 6) is 0.881. The number of amides is 1. The van der Waals surface area contributed by atoms with Gasteiger partial charge in [0, 0.05) is 29.6 Å². The van der Waals surface area contributed by atoms with Gasteiger partial charge >= 0.3 is 0 Å². The Bertz CT molecular complexity index is 1080. The predicted molar refractivity (Wildman–Crippen MR) is 112 cm³/mol. The summed E-state index contributed by atoms with van der Waals surface area (Å²) in [5, 5.41) is 15.7. The number of halogens is 1. The average molecular weight is 444 g/mol. The fourth-order valence-electron chi connectivity index (χ4n) is 3.63. The lowest BCUT2D eigenvalue weighted by atomic mass is 10.2. The number of tetrazole rings is 1. The number of hydrogen-bond acceptors (Lipinski definition) is 7. The van der Waals surface area contributed by atoms with Gasteiger partial charge in [-0.1, -0.05) is 23.4 Å². The van der Waals surface area contributed by atoms with Crippen molar-refractivity contribution in [3.63, 3.8) is 0 Å². The van der Waals surface area contributed by atoms with Crippen LogP contribution in [-0.2, 0) is 4.79 Å². The van der Waals surface area contributed by atoms with E-state index in [0.29, 0.717) is 21.6 Å². The molecule has 1 saturated carbocycles. The van der Waals surface area contributed by atoms with Crippen molar-refractivity contribution in [1.29, 1.82) is 0 Å². The molecule has 1 N–H and O–H groups in total. The second-order valence-electron chi connectivity index (χ2n) is 7.17. The van der Waals surface area contributed by atoms with Crippen LogP contribution in [0.5, 0.6) is 11.5 Å². The first-order valence-corrected chi connectivity index (χ1v) is 11.0. The van der Waals surface area contributed by atoms with Crippen LogP contribution in [0.25, 0.3) is 5.69 Å². The second kappa shape index (κ2) is 7.81. The summed E-state index contributed by atoms with van der Waals surface area (Å²) < 4.78 is 13.6. The molecule has 1 aliphatic carbocycles. The SMILES string of the molecule is O=C(CSc1nnnn1-c1ccc(Cl)cc1)Nc1ccc2c(c1)OC1(CCCC1)O2. The maximum absolute atomic E-state index is 12.5. The van der Waals surface area contributed by atoms with E-state index in [1.165, 1.54) is 11.8 Å². The van der Waals surface area contributed by atoms with Crippen LogP contribution in [0.4, 0.5) is 5.69 Å². The van der Waals surface area contributed by atoms with E-state index >= 15 is 0 Å². The van der Waals surface area contributed by atoms with Crippen molar-refractivity contribution >= 4 is 35.0 Å². The first-order chi connectivity index (χ1) is 14.6. The van der Waals surface area contributed by atoms with Crippen LogP contribution < -0.4 is 14.8 Å². The Morgan fingerprint density at radius 3 is 2.70 bits per heavy atom. The molecule has 1 aliphatic heterocycles. The molecule has 1 amide bonds. The number of thioether (sulfide) groups is 1. The largest absolute Gasteiger partial charge is 0.448 e. The van der Waals surface area contributed by atoms with Crippen LogP contribution in [0.2, 0.25) is 5.02 Å². The van der Waals surface area contributed by atoms with Crippen molar-refractivity contribution < 1.29 is 14.3 Å². The van der Waals surface area contributed by atoms with Gasteiger partial charge in [0.1, 0.15) is 0 Å². The van der Waals surface area contributed by atoms with Gasteiger partial charge in [0.2, 0.25) is 11.1 Å². The van der Waals surface area contributed by atoms with Crippen molar-refractivity contribution in [2.75, 3.05) is 11.1 Å². The van der Waals surface area contributed by atoms with Gasteiger partial charge in [-0.05, 0) is 59.7 Å². The van der Waals surface area contributed by atoms with E-state index in [4.69, 9.17) is 21.1 Å². The van der Waals surface area contributed by atoms with E-state index in [2.05, 4.69) is 20.8 Å². The number of benzene rings is 2. The molecule has 30 heavy (non-hydrogen) atoms. The zero-order valence-corrected chi connectivity index (χ0v) is 17.4. The average Bonchev–Trinajstić information content (AvgIpc) is 3.47. The monoisotopic (exact) mass is 443 g/mol. The summed E-state index contributed by atoms with van der Waals surface area (Å²) in [6.07, 6.45) is 3.99. The van der Waals surface area contributed by atoms with Gasteiger partial charge in [0.05, 0.1) is 11.4 Å². The highest BCUT2D eigenvalue weighted by atomic mass is 35.5. The molecule has 0 unspecified atom stereocenters. The van der Waals surface area contributed by atoms with Gasteiger partial charge in [-0.3, -0.25) is 4.79 Å².